The molecule has 0 bridgehead atoms. The molecule has 0 fully saturated rings. The van der Waals surface area contributed by atoms with Gasteiger partial charge in [0, 0.05) is 11.4 Å². The minimum Gasteiger partial charge on any atom is -0.406 e. The molecule has 0 aliphatic rings. The third-order valence-electron chi connectivity index (χ3n) is 2.15. The van der Waals surface area contributed by atoms with E-state index in [4.69, 9.17) is 0 Å². The molecule has 18 heavy (non-hydrogen) atoms. The zero-order valence-corrected chi connectivity index (χ0v) is 9.24. The van der Waals surface area contributed by atoms with E-state index < -0.39 is 6.36 Å². The molecule has 2 aromatic rings. The molecule has 1 N–H and O–H groups in total. The molecule has 2 nitrogen and oxygen atoms in total. The highest BCUT2D eigenvalue weighted by Crippen LogP contribution is 2.25. The Morgan fingerprint density at radius 3 is 1.89 bits per heavy atom. The van der Waals surface area contributed by atoms with E-state index in [9.17, 15) is 13.2 Å². The average molecular weight is 253 g/mol. The number of hydrogen-bond acceptors (Lipinski definition) is 2. The summed E-state index contributed by atoms with van der Waals surface area (Å²) in [6.07, 6.45) is -4.66. The predicted octanol–water partition coefficient (Wildman–Crippen LogP) is 4.33. The van der Waals surface area contributed by atoms with Crippen LogP contribution in [0.5, 0.6) is 5.75 Å². The Morgan fingerprint density at radius 2 is 1.33 bits per heavy atom. The van der Waals surface area contributed by atoms with E-state index in [1.54, 1.807) is 0 Å². The monoisotopic (exact) mass is 253 g/mol. The third-order valence-corrected chi connectivity index (χ3v) is 2.15. The molecule has 0 spiro atoms. The molecule has 0 radical (unpaired) electrons. The maximum absolute atomic E-state index is 12.0. The highest BCUT2D eigenvalue weighted by Gasteiger charge is 2.30. The Labute approximate surface area is 102 Å². The van der Waals surface area contributed by atoms with Gasteiger partial charge in [-0.25, -0.2) is 0 Å². The first-order valence-electron chi connectivity index (χ1n) is 5.21. The van der Waals surface area contributed by atoms with Crippen LogP contribution in [0, 0.1) is 0 Å². The van der Waals surface area contributed by atoms with Gasteiger partial charge in [-0.3, -0.25) is 0 Å². The molecule has 0 amide bonds. The topological polar surface area (TPSA) is 21.3 Å². The zero-order valence-electron chi connectivity index (χ0n) is 9.24. The number of anilines is 2. The van der Waals surface area contributed by atoms with E-state index in [-0.39, 0.29) is 5.75 Å². The Hall–Kier alpha value is -2.17. The average Bonchev–Trinajstić information content (AvgIpc) is 2.31. The van der Waals surface area contributed by atoms with Gasteiger partial charge in [0.25, 0.3) is 0 Å². The van der Waals surface area contributed by atoms with Crippen LogP contribution in [0.2, 0.25) is 0 Å². The summed E-state index contributed by atoms with van der Waals surface area (Å²) in [6, 6.07) is 14.9. The van der Waals surface area contributed by atoms with Crippen LogP contribution in [0.25, 0.3) is 0 Å². The van der Waals surface area contributed by atoms with Gasteiger partial charge in [0.1, 0.15) is 5.75 Å². The first-order chi connectivity index (χ1) is 8.53. The van der Waals surface area contributed by atoms with Crippen LogP contribution in [0.1, 0.15) is 0 Å². The lowest BCUT2D eigenvalue weighted by Crippen LogP contribution is -2.16. The second-order valence-corrected chi connectivity index (χ2v) is 3.56. The van der Waals surface area contributed by atoms with Gasteiger partial charge in [-0.15, -0.1) is 13.2 Å². The van der Waals surface area contributed by atoms with E-state index in [2.05, 4.69) is 10.1 Å². The molecular formula is C13H10F3NO. The van der Waals surface area contributed by atoms with Crippen molar-refractivity contribution in [2.75, 3.05) is 5.32 Å². The summed E-state index contributed by atoms with van der Waals surface area (Å²) in [5, 5.41) is 3.06. The summed E-state index contributed by atoms with van der Waals surface area (Å²) >= 11 is 0. The minimum atomic E-state index is -4.66. The second kappa shape index (κ2) is 5.00. The van der Waals surface area contributed by atoms with E-state index in [1.807, 2.05) is 30.3 Å². The standard InChI is InChI=1S/C13H10F3NO/c14-13(15,16)18-12-8-6-11(7-9-12)17-10-4-2-1-3-5-10/h1-9,17H. The Balaban J connectivity index is 2.04. The molecule has 0 unspecified atom stereocenters. The number of benzene rings is 2. The van der Waals surface area contributed by atoms with E-state index >= 15 is 0 Å². The van der Waals surface area contributed by atoms with Crippen LogP contribution in [-0.2, 0) is 0 Å². The van der Waals surface area contributed by atoms with Crippen molar-refractivity contribution in [2.45, 2.75) is 6.36 Å². The van der Waals surface area contributed by atoms with Crippen molar-refractivity contribution in [3.8, 4) is 5.75 Å². The number of ether oxygens (including phenoxy) is 1. The van der Waals surface area contributed by atoms with Crippen molar-refractivity contribution in [2.24, 2.45) is 0 Å². The number of hydrogen-bond donors (Lipinski definition) is 1. The second-order valence-electron chi connectivity index (χ2n) is 3.56. The molecule has 0 saturated heterocycles. The molecular weight excluding hydrogens is 243 g/mol. The molecule has 0 saturated carbocycles. The van der Waals surface area contributed by atoms with Gasteiger partial charge >= 0.3 is 6.36 Å². The maximum atomic E-state index is 12.0. The van der Waals surface area contributed by atoms with Gasteiger partial charge in [-0.1, -0.05) is 18.2 Å². The predicted molar refractivity (Wildman–Crippen MR) is 62.8 cm³/mol. The summed E-state index contributed by atoms with van der Waals surface area (Å²) < 4.78 is 39.6. The molecule has 0 aliphatic heterocycles. The van der Waals surface area contributed by atoms with E-state index in [0.717, 1.165) is 5.69 Å². The smallest absolute Gasteiger partial charge is 0.406 e. The summed E-state index contributed by atoms with van der Waals surface area (Å²) in [7, 11) is 0. The summed E-state index contributed by atoms with van der Waals surface area (Å²) in [5.74, 6) is -0.235. The molecule has 2 aromatic carbocycles. The first-order valence-corrected chi connectivity index (χ1v) is 5.21. The van der Waals surface area contributed by atoms with Gasteiger partial charge in [-0.05, 0) is 36.4 Å². The number of alkyl halides is 3. The molecule has 0 aromatic heterocycles. The SMILES string of the molecule is FC(F)(F)Oc1ccc(Nc2ccccc2)cc1. The van der Waals surface area contributed by atoms with Gasteiger partial charge in [0.05, 0.1) is 0 Å². The molecule has 0 atom stereocenters. The largest absolute Gasteiger partial charge is 0.573 e. The van der Waals surface area contributed by atoms with Crippen molar-refractivity contribution < 1.29 is 17.9 Å². The van der Waals surface area contributed by atoms with Crippen LogP contribution >= 0.6 is 0 Å². The zero-order chi connectivity index (χ0) is 13.0. The molecule has 0 heterocycles. The Kier molecular flexibility index (Phi) is 3.41. The fourth-order valence-corrected chi connectivity index (χ4v) is 1.43. The van der Waals surface area contributed by atoms with Gasteiger partial charge in [0.15, 0.2) is 0 Å². The minimum absolute atomic E-state index is 0.235. The summed E-state index contributed by atoms with van der Waals surface area (Å²) in [5.41, 5.74) is 1.55. The Morgan fingerprint density at radius 1 is 0.778 bits per heavy atom. The summed E-state index contributed by atoms with van der Waals surface area (Å²) in [6.45, 7) is 0. The van der Waals surface area contributed by atoms with E-state index in [1.165, 1.54) is 24.3 Å². The lowest BCUT2D eigenvalue weighted by molar-refractivity contribution is -0.274. The van der Waals surface area contributed by atoms with Crippen LogP contribution in [0.15, 0.2) is 54.6 Å². The highest BCUT2D eigenvalue weighted by molar-refractivity contribution is 5.59. The fraction of sp³-hybridized carbons (Fsp3) is 0.0769. The van der Waals surface area contributed by atoms with Crippen LogP contribution in [-0.4, -0.2) is 6.36 Å². The van der Waals surface area contributed by atoms with Gasteiger partial charge < -0.3 is 10.1 Å². The van der Waals surface area contributed by atoms with Crippen molar-refractivity contribution in [3.05, 3.63) is 54.6 Å². The third kappa shape index (κ3) is 3.69. The first kappa shape index (κ1) is 12.3. The van der Waals surface area contributed by atoms with Gasteiger partial charge in [-0.2, -0.15) is 0 Å². The number of nitrogens with one attached hydrogen (secondary N) is 1. The molecule has 94 valence electrons. The molecule has 2 rings (SSSR count). The van der Waals surface area contributed by atoms with Gasteiger partial charge in [0.2, 0.25) is 0 Å². The number of para-hydroxylation sites is 1. The number of halogens is 3. The van der Waals surface area contributed by atoms with Crippen molar-refractivity contribution in [3.63, 3.8) is 0 Å². The number of rotatable bonds is 3. The Bertz CT molecular complexity index is 494. The van der Waals surface area contributed by atoms with Crippen molar-refractivity contribution >= 4 is 11.4 Å². The maximum Gasteiger partial charge on any atom is 0.573 e. The van der Waals surface area contributed by atoms with Crippen LogP contribution < -0.4 is 10.1 Å². The lowest BCUT2D eigenvalue weighted by atomic mass is 10.2. The van der Waals surface area contributed by atoms with Crippen molar-refractivity contribution in [1.82, 2.24) is 0 Å². The van der Waals surface area contributed by atoms with Crippen LogP contribution in [0.3, 0.4) is 0 Å². The normalized spacial score (nSPS) is 11.1. The fourth-order valence-electron chi connectivity index (χ4n) is 1.43. The van der Waals surface area contributed by atoms with Crippen LogP contribution in [0.4, 0.5) is 24.5 Å². The molecule has 5 heteroatoms. The molecule has 0 aliphatic carbocycles. The highest BCUT2D eigenvalue weighted by atomic mass is 19.4. The summed E-state index contributed by atoms with van der Waals surface area (Å²) in [4.78, 5) is 0. The van der Waals surface area contributed by atoms with Crippen molar-refractivity contribution in [1.29, 1.82) is 0 Å². The lowest BCUT2D eigenvalue weighted by Gasteiger charge is -2.10. The van der Waals surface area contributed by atoms with E-state index in [0.29, 0.717) is 5.69 Å². The quantitative estimate of drug-likeness (QED) is 0.879.